The number of guanidine groups is 1. The molecule has 0 saturated carbocycles. The monoisotopic (exact) mass is 471 g/mol. The summed E-state index contributed by atoms with van der Waals surface area (Å²) in [5.41, 5.74) is 6.89. The SMILES string of the molecule is C=C1C2=C(CCN(Cc3cccc(C#N)c3)C2)N2CC(C)(C)CN=C2N1Cc1ccc(Cl)cc1. The summed E-state index contributed by atoms with van der Waals surface area (Å²) >= 11 is 6.12. The Hall–Kier alpha value is -3.07. The highest BCUT2D eigenvalue weighted by atomic mass is 35.5. The van der Waals surface area contributed by atoms with Gasteiger partial charge in [0.15, 0.2) is 0 Å². The van der Waals surface area contributed by atoms with Crippen LogP contribution in [0.25, 0.3) is 0 Å². The van der Waals surface area contributed by atoms with Crippen LogP contribution in [0.1, 0.15) is 37.0 Å². The van der Waals surface area contributed by atoms with Crippen molar-refractivity contribution in [1.29, 1.82) is 5.26 Å². The van der Waals surface area contributed by atoms with E-state index in [0.29, 0.717) is 12.1 Å². The molecule has 3 aliphatic rings. The molecule has 5 rings (SSSR count). The van der Waals surface area contributed by atoms with Crippen LogP contribution in [0.4, 0.5) is 0 Å². The zero-order valence-electron chi connectivity index (χ0n) is 19.9. The Labute approximate surface area is 207 Å². The lowest BCUT2D eigenvalue weighted by Crippen LogP contribution is -2.56. The fourth-order valence-electron chi connectivity index (χ4n) is 5.09. The number of nitriles is 1. The van der Waals surface area contributed by atoms with E-state index in [2.05, 4.69) is 59.4 Å². The lowest BCUT2D eigenvalue weighted by atomic mass is 9.89. The van der Waals surface area contributed by atoms with Crippen molar-refractivity contribution < 1.29 is 0 Å². The second-order valence-corrected chi connectivity index (χ2v) is 10.7. The zero-order valence-corrected chi connectivity index (χ0v) is 20.6. The second-order valence-electron chi connectivity index (χ2n) is 10.2. The Bertz CT molecular complexity index is 1220. The number of hydrogen-bond donors (Lipinski definition) is 0. The summed E-state index contributed by atoms with van der Waals surface area (Å²) in [5.74, 6) is 1.02. The minimum absolute atomic E-state index is 0.126. The summed E-state index contributed by atoms with van der Waals surface area (Å²) in [5, 5.41) is 10.0. The molecule has 3 heterocycles. The van der Waals surface area contributed by atoms with Crippen LogP contribution >= 0.6 is 11.6 Å². The standard InChI is InChI=1S/C28H30ClN5/c1-20-25-17-32(15-23-6-4-5-22(13-23)14-30)12-11-26(25)34-19-28(2,3)18-31-27(34)33(20)16-21-7-9-24(29)10-8-21/h4-10,13H,1,11-12,15-19H2,2-3H3. The fraction of sp³-hybridized carbons (Fsp3) is 0.357. The number of rotatable bonds is 4. The molecule has 5 nitrogen and oxygen atoms in total. The molecule has 0 saturated heterocycles. The number of benzene rings is 2. The Kier molecular flexibility index (Phi) is 5.97. The molecule has 0 N–H and O–H groups in total. The average Bonchev–Trinajstić information content (AvgIpc) is 2.83. The Morgan fingerprint density at radius 2 is 1.91 bits per heavy atom. The third-order valence-corrected chi connectivity index (χ3v) is 7.08. The number of fused-ring (bicyclic) bond motifs is 2. The molecule has 6 heteroatoms. The molecule has 2 aromatic rings. The van der Waals surface area contributed by atoms with Gasteiger partial charge in [-0.2, -0.15) is 5.26 Å². The number of nitrogens with zero attached hydrogens (tertiary/aromatic N) is 5. The van der Waals surface area contributed by atoms with Gasteiger partial charge in [0, 0.05) is 66.5 Å². The first-order chi connectivity index (χ1) is 16.3. The van der Waals surface area contributed by atoms with E-state index in [4.69, 9.17) is 16.6 Å². The molecule has 2 aromatic carbocycles. The van der Waals surface area contributed by atoms with E-state index < -0.39 is 0 Å². The van der Waals surface area contributed by atoms with Gasteiger partial charge in [0.2, 0.25) is 5.96 Å². The smallest absolute Gasteiger partial charge is 0.205 e. The van der Waals surface area contributed by atoms with Crippen molar-refractivity contribution in [3.8, 4) is 6.07 Å². The molecule has 174 valence electrons. The maximum atomic E-state index is 9.26. The summed E-state index contributed by atoms with van der Waals surface area (Å²) in [7, 11) is 0. The van der Waals surface area contributed by atoms with Gasteiger partial charge in [-0.05, 0) is 35.4 Å². The van der Waals surface area contributed by atoms with Crippen molar-refractivity contribution in [3.05, 3.63) is 93.8 Å². The molecule has 0 aliphatic carbocycles. The van der Waals surface area contributed by atoms with Crippen LogP contribution < -0.4 is 0 Å². The van der Waals surface area contributed by atoms with Gasteiger partial charge in [0.05, 0.1) is 18.2 Å². The summed E-state index contributed by atoms with van der Waals surface area (Å²) in [6, 6.07) is 18.2. The summed E-state index contributed by atoms with van der Waals surface area (Å²) in [4.78, 5) is 12.2. The van der Waals surface area contributed by atoms with Crippen LogP contribution in [0.5, 0.6) is 0 Å². The Balaban J connectivity index is 1.45. The molecule has 0 unspecified atom stereocenters. The van der Waals surface area contributed by atoms with Gasteiger partial charge in [-0.15, -0.1) is 0 Å². The van der Waals surface area contributed by atoms with Gasteiger partial charge >= 0.3 is 0 Å². The average molecular weight is 472 g/mol. The topological polar surface area (TPSA) is 45.9 Å². The largest absolute Gasteiger partial charge is 0.315 e. The number of halogens is 1. The van der Waals surface area contributed by atoms with E-state index >= 15 is 0 Å². The Morgan fingerprint density at radius 1 is 1.12 bits per heavy atom. The van der Waals surface area contributed by atoms with Gasteiger partial charge in [-0.25, -0.2) is 0 Å². The zero-order chi connectivity index (χ0) is 23.9. The second kappa shape index (κ2) is 8.94. The molecule has 0 aromatic heterocycles. The van der Waals surface area contributed by atoms with E-state index in [0.717, 1.165) is 55.8 Å². The predicted molar refractivity (Wildman–Crippen MR) is 137 cm³/mol. The highest BCUT2D eigenvalue weighted by Gasteiger charge is 2.40. The third-order valence-electron chi connectivity index (χ3n) is 6.83. The minimum Gasteiger partial charge on any atom is -0.315 e. The highest BCUT2D eigenvalue weighted by Crippen LogP contribution is 2.39. The third kappa shape index (κ3) is 4.49. The van der Waals surface area contributed by atoms with Crippen LogP contribution in [0, 0.1) is 16.7 Å². The van der Waals surface area contributed by atoms with Crippen molar-refractivity contribution in [2.24, 2.45) is 10.4 Å². The van der Waals surface area contributed by atoms with E-state index in [9.17, 15) is 5.26 Å². The van der Waals surface area contributed by atoms with Gasteiger partial charge in [-0.3, -0.25) is 9.89 Å². The molecule has 0 atom stereocenters. The van der Waals surface area contributed by atoms with Crippen molar-refractivity contribution in [2.45, 2.75) is 33.4 Å². The first-order valence-corrected chi connectivity index (χ1v) is 12.2. The van der Waals surface area contributed by atoms with Crippen LogP contribution in [0.15, 0.2) is 77.1 Å². The Morgan fingerprint density at radius 3 is 2.68 bits per heavy atom. The summed E-state index contributed by atoms with van der Waals surface area (Å²) < 4.78 is 0. The summed E-state index contributed by atoms with van der Waals surface area (Å²) in [6.45, 7) is 14.3. The van der Waals surface area contributed by atoms with E-state index in [1.165, 1.54) is 22.4 Å². The normalized spacial score (nSPS) is 19.9. The van der Waals surface area contributed by atoms with E-state index in [1.54, 1.807) is 0 Å². The van der Waals surface area contributed by atoms with Gasteiger partial charge in [-0.1, -0.05) is 56.3 Å². The molecule has 3 aliphatic heterocycles. The lowest BCUT2D eigenvalue weighted by Gasteiger charge is -2.50. The lowest BCUT2D eigenvalue weighted by molar-refractivity contribution is 0.199. The first kappa shape index (κ1) is 22.7. The number of hydrogen-bond acceptors (Lipinski definition) is 5. The molecular formula is C28H30ClN5. The van der Waals surface area contributed by atoms with Crippen LogP contribution in [-0.4, -0.2) is 46.8 Å². The molecular weight excluding hydrogens is 442 g/mol. The van der Waals surface area contributed by atoms with Crippen LogP contribution in [0.3, 0.4) is 0 Å². The molecule has 34 heavy (non-hydrogen) atoms. The fourth-order valence-corrected chi connectivity index (χ4v) is 5.21. The quantitative estimate of drug-likeness (QED) is 0.599. The number of aliphatic imine (C=N–C) groups is 1. The molecule has 0 fully saturated rings. The molecule has 0 bridgehead atoms. The minimum atomic E-state index is 0.126. The van der Waals surface area contributed by atoms with E-state index in [1.807, 2.05) is 30.3 Å². The summed E-state index contributed by atoms with van der Waals surface area (Å²) in [6.07, 6.45) is 0.968. The van der Waals surface area contributed by atoms with Crippen molar-refractivity contribution >= 4 is 17.6 Å². The maximum Gasteiger partial charge on any atom is 0.205 e. The molecule has 0 spiro atoms. The van der Waals surface area contributed by atoms with Gasteiger partial charge < -0.3 is 9.80 Å². The van der Waals surface area contributed by atoms with Crippen molar-refractivity contribution in [2.75, 3.05) is 26.2 Å². The molecule has 0 amide bonds. The van der Waals surface area contributed by atoms with Gasteiger partial charge in [0.25, 0.3) is 0 Å². The van der Waals surface area contributed by atoms with Crippen molar-refractivity contribution in [1.82, 2.24) is 14.7 Å². The van der Waals surface area contributed by atoms with Crippen LogP contribution in [-0.2, 0) is 13.1 Å². The van der Waals surface area contributed by atoms with Crippen LogP contribution in [0.2, 0.25) is 5.02 Å². The highest BCUT2D eigenvalue weighted by molar-refractivity contribution is 6.30. The predicted octanol–water partition coefficient (Wildman–Crippen LogP) is 5.40. The first-order valence-electron chi connectivity index (χ1n) is 11.8. The van der Waals surface area contributed by atoms with Crippen molar-refractivity contribution in [3.63, 3.8) is 0 Å². The van der Waals surface area contributed by atoms with E-state index in [-0.39, 0.29) is 5.41 Å². The maximum absolute atomic E-state index is 9.26. The van der Waals surface area contributed by atoms with Gasteiger partial charge in [0.1, 0.15) is 0 Å². The molecule has 0 radical (unpaired) electrons.